The molecule has 0 atom stereocenters. The number of rotatable bonds is 5. The SMILES string of the molecule is COc1ccc(-c2sc(NC(C)=O)nc2C)cc1S(=O)(=O)CC#N. The van der Waals surface area contributed by atoms with Gasteiger partial charge in [0, 0.05) is 6.92 Å². The van der Waals surface area contributed by atoms with Gasteiger partial charge in [-0.05, 0) is 30.7 Å². The lowest BCUT2D eigenvalue weighted by molar-refractivity contribution is -0.114. The number of aromatic nitrogens is 1. The molecule has 1 aromatic heterocycles. The monoisotopic (exact) mass is 365 g/mol. The third-order valence-electron chi connectivity index (χ3n) is 3.10. The van der Waals surface area contributed by atoms with Gasteiger partial charge in [-0.2, -0.15) is 5.26 Å². The van der Waals surface area contributed by atoms with E-state index in [-0.39, 0.29) is 16.6 Å². The normalized spacial score (nSPS) is 10.9. The van der Waals surface area contributed by atoms with Crippen LogP contribution in [0, 0.1) is 18.3 Å². The molecule has 0 saturated carbocycles. The molecule has 7 nitrogen and oxygen atoms in total. The van der Waals surface area contributed by atoms with Crippen LogP contribution in [-0.2, 0) is 14.6 Å². The molecule has 1 amide bonds. The van der Waals surface area contributed by atoms with Gasteiger partial charge >= 0.3 is 0 Å². The number of nitriles is 1. The predicted molar refractivity (Wildman–Crippen MR) is 90.8 cm³/mol. The number of aryl methyl sites for hydroxylation is 1. The third-order valence-corrected chi connectivity index (χ3v) is 5.72. The van der Waals surface area contributed by atoms with Crippen LogP contribution in [-0.4, -0.2) is 32.2 Å². The second-order valence-corrected chi connectivity index (χ2v) is 7.85. The Labute approximate surface area is 143 Å². The number of anilines is 1. The van der Waals surface area contributed by atoms with Crippen molar-refractivity contribution in [1.29, 1.82) is 5.26 Å². The Morgan fingerprint density at radius 2 is 2.17 bits per heavy atom. The molecule has 0 saturated heterocycles. The Morgan fingerprint density at radius 1 is 1.46 bits per heavy atom. The van der Waals surface area contributed by atoms with Crippen LogP contribution in [0.2, 0.25) is 0 Å². The van der Waals surface area contributed by atoms with Crippen molar-refractivity contribution in [3.8, 4) is 22.3 Å². The maximum atomic E-state index is 12.3. The number of benzene rings is 1. The van der Waals surface area contributed by atoms with Crippen molar-refractivity contribution in [1.82, 2.24) is 4.98 Å². The molecule has 2 aromatic rings. The Bertz CT molecular complexity index is 927. The van der Waals surface area contributed by atoms with Crippen molar-refractivity contribution >= 4 is 32.2 Å². The summed E-state index contributed by atoms with van der Waals surface area (Å²) in [7, 11) is -2.41. The van der Waals surface area contributed by atoms with Crippen molar-refractivity contribution in [2.45, 2.75) is 18.7 Å². The van der Waals surface area contributed by atoms with Crippen LogP contribution in [0.4, 0.5) is 5.13 Å². The summed E-state index contributed by atoms with van der Waals surface area (Å²) >= 11 is 1.24. The zero-order valence-electron chi connectivity index (χ0n) is 13.3. The highest BCUT2D eigenvalue weighted by molar-refractivity contribution is 7.91. The number of methoxy groups -OCH3 is 1. The number of nitrogens with one attached hydrogen (secondary N) is 1. The highest BCUT2D eigenvalue weighted by Gasteiger charge is 2.21. The number of thiazole rings is 1. The van der Waals surface area contributed by atoms with Gasteiger partial charge in [0.1, 0.15) is 16.4 Å². The topological polar surface area (TPSA) is 109 Å². The smallest absolute Gasteiger partial charge is 0.223 e. The zero-order chi connectivity index (χ0) is 17.9. The van der Waals surface area contributed by atoms with Crippen LogP contribution < -0.4 is 10.1 Å². The molecule has 24 heavy (non-hydrogen) atoms. The molecule has 2 rings (SSSR count). The molecule has 0 aliphatic heterocycles. The van der Waals surface area contributed by atoms with Crippen LogP contribution in [0.1, 0.15) is 12.6 Å². The Morgan fingerprint density at radius 3 is 2.75 bits per heavy atom. The van der Waals surface area contributed by atoms with Crippen LogP contribution in [0.3, 0.4) is 0 Å². The van der Waals surface area contributed by atoms with Gasteiger partial charge in [0.2, 0.25) is 5.91 Å². The molecule has 1 heterocycles. The first-order valence-corrected chi connectivity index (χ1v) is 9.28. The molecule has 0 aliphatic carbocycles. The first-order chi connectivity index (χ1) is 11.3. The first kappa shape index (κ1) is 17.9. The van der Waals surface area contributed by atoms with Crippen molar-refractivity contribution in [3.63, 3.8) is 0 Å². The van der Waals surface area contributed by atoms with E-state index in [9.17, 15) is 13.2 Å². The standard InChI is InChI=1S/C15H15N3O4S2/c1-9-14(23-15(17-9)18-10(2)19)11-4-5-12(22-3)13(8-11)24(20,21)7-6-16/h4-5,8H,7H2,1-3H3,(H,17,18,19). The molecule has 9 heteroatoms. The summed E-state index contributed by atoms with van der Waals surface area (Å²) in [6, 6.07) is 6.36. The van der Waals surface area contributed by atoms with Gasteiger partial charge in [0.15, 0.2) is 15.0 Å². The summed E-state index contributed by atoms with van der Waals surface area (Å²) in [6.45, 7) is 3.15. The molecule has 1 N–H and O–H groups in total. The Kier molecular flexibility index (Phi) is 5.21. The summed E-state index contributed by atoms with van der Waals surface area (Å²) in [5.41, 5.74) is 1.29. The van der Waals surface area contributed by atoms with Gasteiger partial charge in [-0.3, -0.25) is 4.79 Å². The minimum absolute atomic E-state index is 0.0436. The lowest BCUT2D eigenvalue weighted by atomic mass is 10.1. The molecular formula is C15H15N3O4S2. The number of carbonyl (C=O) groups is 1. The van der Waals surface area contributed by atoms with E-state index in [1.54, 1.807) is 19.1 Å². The summed E-state index contributed by atoms with van der Waals surface area (Å²) in [5, 5.41) is 11.8. The minimum Gasteiger partial charge on any atom is -0.495 e. The largest absolute Gasteiger partial charge is 0.495 e. The van der Waals surface area contributed by atoms with Crippen molar-refractivity contribution in [2.24, 2.45) is 0 Å². The van der Waals surface area contributed by atoms with Gasteiger partial charge in [-0.25, -0.2) is 13.4 Å². The zero-order valence-corrected chi connectivity index (χ0v) is 14.9. The lowest BCUT2D eigenvalue weighted by Gasteiger charge is -2.09. The van der Waals surface area contributed by atoms with Crippen molar-refractivity contribution < 1.29 is 17.9 Å². The lowest BCUT2D eigenvalue weighted by Crippen LogP contribution is -2.07. The molecule has 0 radical (unpaired) electrons. The molecule has 1 aromatic carbocycles. The molecular weight excluding hydrogens is 350 g/mol. The number of hydrogen-bond acceptors (Lipinski definition) is 7. The molecule has 0 spiro atoms. The second-order valence-electron chi connectivity index (χ2n) is 4.90. The summed E-state index contributed by atoms with van der Waals surface area (Å²) in [4.78, 5) is 16.1. The van der Waals surface area contributed by atoms with E-state index in [4.69, 9.17) is 10.00 Å². The van der Waals surface area contributed by atoms with E-state index in [0.29, 0.717) is 16.4 Å². The number of nitrogens with zero attached hydrogens (tertiary/aromatic N) is 2. The minimum atomic E-state index is -3.78. The summed E-state index contributed by atoms with van der Waals surface area (Å²) in [6.07, 6.45) is 0. The molecule has 0 bridgehead atoms. The van der Waals surface area contributed by atoms with E-state index in [2.05, 4.69) is 10.3 Å². The van der Waals surface area contributed by atoms with Gasteiger partial charge < -0.3 is 10.1 Å². The van der Waals surface area contributed by atoms with Crippen LogP contribution in [0.25, 0.3) is 10.4 Å². The van der Waals surface area contributed by atoms with Crippen molar-refractivity contribution in [2.75, 3.05) is 18.2 Å². The average molecular weight is 365 g/mol. The molecule has 0 aliphatic rings. The number of sulfone groups is 1. The molecule has 0 unspecified atom stereocenters. The summed E-state index contributed by atoms with van der Waals surface area (Å²) in [5.74, 6) is -0.688. The number of amides is 1. The fourth-order valence-corrected chi connectivity index (χ4v) is 4.19. The Balaban J connectivity index is 2.56. The van der Waals surface area contributed by atoms with E-state index < -0.39 is 15.6 Å². The predicted octanol–water partition coefficient (Wildman–Crippen LogP) is 2.38. The van der Waals surface area contributed by atoms with Crippen LogP contribution in [0.15, 0.2) is 23.1 Å². The van der Waals surface area contributed by atoms with E-state index in [0.717, 1.165) is 4.88 Å². The van der Waals surface area contributed by atoms with E-state index >= 15 is 0 Å². The molecule has 126 valence electrons. The fourth-order valence-electron chi connectivity index (χ4n) is 2.09. The fraction of sp³-hybridized carbons (Fsp3) is 0.267. The highest BCUT2D eigenvalue weighted by Crippen LogP contribution is 2.36. The number of carbonyl (C=O) groups excluding carboxylic acids is 1. The number of ether oxygens (including phenoxy) is 1. The maximum absolute atomic E-state index is 12.3. The van der Waals surface area contributed by atoms with E-state index in [1.807, 2.05) is 0 Å². The quantitative estimate of drug-likeness (QED) is 0.871. The maximum Gasteiger partial charge on any atom is 0.223 e. The average Bonchev–Trinajstić information content (AvgIpc) is 2.86. The van der Waals surface area contributed by atoms with Gasteiger partial charge in [0.25, 0.3) is 0 Å². The third kappa shape index (κ3) is 3.72. The molecule has 0 fully saturated rings. The second kappa shape index (κ2) is 6.98. The van der Waals surface area contributed by atoms with Gasteiger partial charge in [-0.1, -0.05) is 11.3 Å². The summed E-state index contributed by atoms with van der Waals surface area (Å²) < 4.78 is 29.6. The van der Waals surface area contributed by atoms with Crippen LogP contribution in [0.5, 0.6) is 5.75 Å². The van der Waals surface area contributed by atoms with Crippen LogP contribution >= 0.6 is 11.3 Å². The van der Waals surface area contributed by atoms with Crippen molar-refractivity contribution in [3.05, 3.63) is 23.9 Å². The number of hydrogen-bond donors (Lipinski definition) is 1. The van der Waals surface area contributed by atoms with Gasteiger partial charge in [-0.15, -0.1) is 0 Å². The highest BCUT2D eigenvalue weighted by atomic mass is 32.2. The van der Waals surface area contributed by atoms with E-state index in [1.165, 1.54) is 37.5 Å². The van der Waals surface area contributed by atoms with Gasteiger partial charge in [0.05, 0.1) is 23.8 Å². The first-order valence-electron chi connectivity index (χ1n) is 6.81. The Hall–Kier alpha value is -2.44.